The molecule has 1 aliphatic heterocycles. The van der Waals surface area contributed by atoms with E-state index in [-0.39, 0.29) is 0 Å². The summed E-state index contributed by atoms with van der Waals surface area (Å²) in [5.74, 6) is 1.82. The number of hydrogen-bond acceptors (Lipinski definition) is 1. The van der Waals surface area contributed by atoms with Crippen LogP contribution in [-0.4, -0.2) is 18.0 Å². The first-order valence-corrected chi connectivity index (χ1v) is 7.58. The van der Waals surface area contributed by atoms with Crippen LogP contribution in [-0.2, 0) is 6.54 Å². The molecule has 1 fully saturated rings. The predicted octanol–water partition coefficient (Wildman–Crippen LogP) is 4.33. The van der Waals surface area contributed by atoms with E-state index >= 15 is 0 Å². The number of hydrogen-bond donors (Lipinski definition) is 0. The summed E-state index contributed by atoms with van der Waals surface area (Å²) in [4.78, 5) is 2.69. The standard InChI is InChI=1S/C17H27N/c1-3-15-10-11-16(4-2)13-18(12-15)14-17-8-6-5-7-9-17/h5-9,15-16H,3-4,10-14H2,1-2H3. The lowest BCUT2D eigenvalue weighted by Gasteiger charge is -2.25. The monoisotopic (exact) mass is 245 g/mol. The highest BCUT2D eigenvalue weighted by Crippen LogP contribution is 2.25. The Bertz CT molecular complexity index is 319. The molecule has 1 aliphatic rings. The van der Waals surface area contributed by atoms with E-state index in [0.29, 0.717) is 0 Å². The maximum atomic E-state index is 2.69. The van der Waals surface area contributed by atoms with E-state index in [4.69, 9.17) is 0 Å². The van der Waals surface area contributed by atoms with E-state index in [2.05, 4.69) is 49.1 Å². The SMILES string of the molecule is CCC1CCC(CC)CN(Cc2ccccc2)C1. The molecule has 1 nitrogen and oxygen atoms in total. The molecule has 0 amide bonds. The molecule has 2 atom stereocenters. The Hall–Kier alpha value is -0.820. The van der Waals surface area contributed by atoms with Crippen molar-refractivity contribution in [3.63, 3.8) is 0 Å². The molecule has 0 bridgehead atoms. The Labute approximate surface area is 112 Å². The van der Waals surface area contributed by atoms with Crippen molar-refractivity contribution in [3.8, 4) is 0 Å². The summed E-state index contributed by atoms with van der Waals surface area (Å²) in [6, 6.07) is 10.9. The van der Waals surface area contributed by atoms with Gasteiger partial charge in [-0.25, -0.2) is 0 Å². The summed E-state index contributed by atoms with van der Waals surface area (Å²) in [6.07, 6.45) is 5.53. The summed E-state index contributed by atoms with van der Waals surface area (Å²) < 4.78 is 0. The predicted molar refractivity (Wildman–Crippen MR) is 78.5 cm³/mol. The van der Waals surface area contributed by atoms with Crippen LogP contribution in [0.1, 0.15) is 45.1 Å². The molecule has 1 heterocycles. The van der Waals surface area contributed by atoms with Gasteiger partial charge in [0.25, 0.3) is 0 Å². The minimum Gasteiger partial charge on any atom is -0.299 e. The number of benzene rings is 1. The molecule has 1 saturated heterocycles. The van der Waals surface area contributed by atoms with Crippen molar-refractivity contribution in [1.82, 2.24) is 4.90 Å². The maximum Gasteiger partial charge on any atom is 0.0233 e. The Morgan fingerprint density at radius 1 is 0.944 bits per heavy atom. The second kappa shape index (κ2) is 6.94. The highest BCUT2D eigenvalue weighted by molar-refractivity contribution is 5.14. The zero-order valence-corrected chi connectivity index (χ0v) is 11.9. The Kier molecular flexibility index (Phi) is 5.25. The normalized spacial score (nSPS) is 25.9. The molecule has 2 unspecified atom stereocenters. The molecule has 1 heteroatoms. The van der Waals surface area contributed by atoms with Crippen LogP contribution in [0.25, 0.3) is 0 Å². The summed E-state index contributed by atoms with van der Waals surface area (Å²) in [5, 5.41) is 0. The largest absolute Gasteiger partial charge is 0.299 e. The highest BCUT2D eigenvalue weighted by Gasteiger charge is 2.22. The molecule has 1 aromatic carbocycles. The van der Waals surface area contributed by atoms with Crippen LogP contribution in [0.2, 0.25) is 0 Å². The van der Waals surface area contributed by atoms with Crippen LogP contribution in [0.3, 0.4) is 0 Å². The minimum absolute atomic E-state index is 0.908. The fraction of sp³-hybridized carbons (Fsp3) is 0.647. The molecule has 100 valence electrons. The summed E-state index contributed by atoms with van der Waals surface area (Å²) >= 11 is 0. The molecular weight excluding hydrogens is 218 g/mol. The molecule has 2 rings (SSSR count). The lowest BCUT2D eigenvalue weighted by Crippen LogP contribution is -2.30. The lowest BCUT2D eigenvalue weighted by molar-refractivity contribution is 0.215. The van der Waals surface area contributed by atoms with Gasteiger partial charge in [-0.05, 0) is 30.2 Å². The fourth-order valence-corrected chi connectivity index (χ4v) is 3.10. The maximum absolute atomic E-state index is 2.69. The smallest absolute Gasteiger partial charge is 0.0233 e. The third-order valence-electron chi connectivity index (χ3n) is 4.42. The van der Waals surface area contributed by atoms with Crippen LogP contribution < -0.4 is 0 Å². The molecule has 0 spiro atoms. The van der Waals surface area contributed by atoms with E-state index < -0.39 is 0 Å². The van der Waals surface area contributed by atoms with Crippen molar-refractivity contribution in [3.05, 3.63) is 35.9 Å². The van der Waals surface area contributed by atoms with Crippen LogP contribution in [0, 0.1) is 11.8 Å². The highest BCUT2D eigenvalue weighted by atomic mass is 15.1. The molecule has 0 saturated carbocycles. The average Bonchev–Trinajstić information content (AvgIpc) is 2.62. The summed E-state index contributed by atoms with van der Waals surface area (Å²) in [7, 11) is 0. The van der Waals surface area contributed by atoms with Gasteiger partial charge in [0.2, 0.25) is 0 Å². The van der Waals surface area contributed by atoms with Crippen molar-refractivity contribution in [2.75, 3.05) is 13.1 Å². The second-order valence-electron chi connectivity index (χ2n) is 5.81. The van der Waals surface area contributed by atoms with Gasteiger partial charge in [0.05, 0.1) is 0 Å². The van der Waals surface area contributed by atoms with Gasteiger partial charge in [-0.15, -0.1) is 0 Å². The minimum atomic E-state index is 0.908. The van der Waals surface area contributed by atoms with Crippen LogP contribution >= 0.6 is 0 Å². The third kappa shape index (κ3) is 3.84. The quantitative estimate of drug-likeness (QED) is 0.763. The van der Waals surface area contributed by atoms with Crippen molar-refractivity contribution in [2.24, 2.45) is 11.8 Å². The van der Waals surface area contributed by atoms with Gasteiger partial charge in [0.1, 0.15) is 0 Å². The summed E-state index contributed by atoms with van der Waals surface area (Å²) in [5.41, 5.74) is 1.46. The zero-order valence-electron chi connectivity index (χ0n) is 11.9. The first kappa shape index (κ1) is 13.6. The second-order valence-corrected chi connectivity index (χ2v) is 5.81. The van der Waals surface area contributed by atoms with Crippen molar-refractivity contribution in [2.45, 2.75) is 46.1 Å². The average molecular weight is 245 g/mol. The van der Waals surface area contributed by atoms with Gasteiger partial charge in [-0.1, -0.05) is 57.0 Å². The van der Waals surface area contributed by atoms with E-state index in [0.717, 1.165) is 18.4 Å². The Morgan fingerprint density at radius 3 is 2.00 bits per heavy atom. The van der Waals surface area contributed by atoms with Crippen LogP contribution in [0.5, 0.6) is 0 Å². The number of rotatable bonds is 4. The van der Waals surface area contributed by atoms with E-state index in [1.165, 1.54) is 44.3 Å². The molecule has 1 aromatic rings. The fourth-order valence-electron chi connectivity index (χ4n) is 3.10. The molecule has 0 radical (unpaired) electrons. The van der Waals surface area contributed by atoms with E-state index in [1.54, 1.807) is 0 Å². The first-order chi connectivity index (χ1) is 8.81. The molecular formula is C17H27N. The zero-order chi connectivity index (χ0) is 12.8. The van der Waals surface area contributed by atoms with E-state index in [9.17, 15) is 0 Å². The van der Waals surface area contributed by atoms with Gasteiger partial charge in [-0.2, -0.15) is 0 Å². The number of likely N-dealkylation sites (tertiary alicyclic amines) is 1. The topological polar surface area (TPSA) is 3.24 Å². The van der Waals surface area contributed by atoms with Gasteiger partial charge >= 0.3 is 0 Å². The lowest BCUT2D eigenvalue weighted by atomic mass is 9.95. The summed E-state index contributed by atoms with van der Waals surface area (Å²) in [6.45, 7) is 8.41. The van der Waals surface area contributed by atoms with Gasteiger partial charge in [0, 0.05) is 19.6 Å². The van der Waals surface area contributed by atoms with Crippen LogP contribution in [0.4, 0.5) is 0 Å². The van der Waals surface area contributed by atoms with Crippen molar-refractivity contribution < 1.29 is 0 Å². The number of nitrogens with zero attached hydrogens (tertiary/aromatic N) is 1. The van der Waals surface area contributed by atoms with Crippen molar-refractivity contribution >= 4 is 0 Å². The Morgan fingerprint density at radius 2 is 1.50 bits per heavy atom. The third-order valence-corrected chi connectivity index (χ3v) is 4.42. The van der Waals surface area contributed by atoms with Gasteiger partial charge < -0.3 is 0 Å². The molecule has 0 N–H and O–H groups in total. The van der Waals surface area contributed by atoms with Crippen LogP contribution in [0.15, 0.2) is 30.3 Å². The van der Waals surface area contributed by atoms with E-state index in [1.807, 2.05) is 0 Å². The molecule has 0 aromatic heterocycles. The first-order valence-electron chi connectivity index (χ1n) is 7.58. The van der Waals surface area contributed by atoms with Gasteiger partial charge in [0.15, 0.2) is 0 Å². The Balaban J connectivity index is 1.99. The van der Waals surface area contributed by atoms with Gasteiger partial charge in [-0.3, -0.25) is 4.90 Å². The van der Waals surface area contributed by atoms with Crippen molar-refractivity contribution in [1.29, 1.82) is 0 Å². The molecule has 0 aliphatic carbocycles. The molecule has 18 heavy (non-hydrogen) atoms.